The first-order valence-electron chi connectivity index (χ1n) is 3.83. The molecule has 0 radical (unpaired) electrons. The van der Waals surface area contributed by atoms with Crippen molar-refractivity contribution in [1.82, 2.24) is 4.98 Å². The van der Waals surface area contributed by atoms with Gasteiger partial charge in [-0.2, -0.15) is 0 Å². The zero-order valence-corrected chi connectivity index (χ0v) is 9.14. The van der Waals surface area contributed by atoms with Crippen LogP contribution in [-0.4, -0.2) is 4.98 Å². The summed E-state index contributed by atoms with van der Waals surface area (Å²) >= 11 is 3.37. The number of aromatic nitrogens is 1. The maximum absolute atomic E-state index is 5.74. The Morgan fingerprint density at radius 2 is 2.00 bits per heavy atom. The van der Waals surface area contributed by atoms with Crippen LogP contribution >= 0.6 is 15.9 Å². The summed E-state index contributed by atoms with van der Waals surface area (Å²) in [6.45, 7) is 6.35. The van der Waals surface area contributed by atoms with Gasteiger partial charge in [0.25, 0.3) is 0 Å². The van der Waals surface area contributed by atoms with E-state index < -0.39 is 0 Å². The van der Waals surface area contributed by atoms with Crippen LogP contribution in [0.4, 0.5) is 5.82 Å². The average molecular weight is 229 g/mol. The highest BCUT2D eigenvalue weighted by Crippen LogP contribution is 2.28. The second kappa shape index (κ2) is 3.05. The van der Waals surface area contributed by atoms with E-state index in [0.29, 0.717) is 5.82 Å². The zero-order chi connectivity index (χ0) is 9.35. The fourth-order valence-electron chi connectivity index (χ4n) is 1.05. The lowest BCUT2D eigenvalue weighted by Gasteiger charge is -2.20. The highest BCUT2D eigenvalue weighted by molar-refractivity contribution is 9.10. The average Bonchev–Trinajstić information content (AvgIpc) is 1.92. The molecule has 0 saturated heterocycles. The van der Waals surface area contributed by atoms with Crippen LogP contribution in [0.3, 0.4) is 0 Å². The van der Waals surface area contributed by atoms with Crippen LogP contribution in [0.15, 0.2) is 16.7 Å². The number of rotatable bonds is 0. The van der Waals surface area contributed by atoms with Crippen molar-refractivity contribution in [2.75, 3.05) is 5.73 Å². The minimum atomic E-state index is 0.0564. The summed E-state index contributed by atoms with van der Waals surface area (Å²) in [6.07, 6.45) is 1.71. The number of nitrogens with two attached hydrogens (primary N) is 1. The van der Waals surface area contributed by atoms with E-state index in [9.17, 15) is 0 Å². The van der Waals surface area contributed by atoms with E-state index in [1.54, 1.807) is 6.20 Å². The second-order valence-corrected chi connectivity index (χ2v) is 4.75. The molecule has 66 valence electrons. The van der Waals surface area contributed by atoms with E-state index in [0.717, 1.165) is 10.0 Å². The standard InChI is InChI=1S/C9H13BrN2/c1-9(2,3)7-4-6(10)5-12-8(7)11/h4-5H,1-3H3,(H2,11,12). The van der Waals surface area contributed by atoms with Crippen LogP contribution in [0, 0.1) is 0 Å². The van der Waals surface area contributed by atoms with E-state index in [4.69, 9.17) is 5.73 Å². The van der Waals surface area contributed by atoms with Crippen molar-refractivity contribution >= 4 is 21.7 Å². The molecule has 0 bridgehead atoms. The smallest absolute Gasteiger partial charge is 0.127 e. The number of hydrogen-bond acceptors (Lipinski definition) is 2. The van der Waals surface area contributed by atoms with Gasteiger partial charge in [0.2, 0.25) is 0 Å². The van der Waals surface area contributed by atoms with Gasteiger partial charge in [-0.3, -0.25) is 0 Å². The van der Waals surface area contributed by atoms with Gasteiger partial charge in [-0.1, -0.05) is 20.8 Å². The molecule has 3 heteroatoms. The second-order valence-electron chi connectivity index (χ2n) is 3.84. The van der Waals surface area contributed by atoms with Crippen molar-refractivity contribution in [3.8, 4) is 0 Å². The van der Waals surface area contributed by atoms with Crippen LogP contribution in [0.2, 0.25) is 0 Å². The lowest BCUT2D eigenvalue weighted by atomic mass is 9.87. The first kappa shape index (κ1) is 9.52. The summed E-state index contributed by atoms with van der Waals surface area (Å²) in [5.74, 6) is 0.616. The van der Waals surface area contributed by atoms with Crippen LogP contribution in [0.1, 0.15) is 26.3 Å². The molecule has 12 heavy (non-hydrogen) atoms. The van der Waals surface area contributed by atoms with Gasteiger partial charge in [0.05, 0.1) is 0 Å². The highest BCUT2D eigenvalue weighted by atomic mass is 79.9. The number of halogens is 1. The lowest BCUT2D eigenvalue weighted by molar-refractivity contribution is 0.590. The number of pyridine rings is 1. The fourth-order valence-corrected chi connectivity index (χ4v) is 1.38. The number of nitrogen functional groups attached to an aromatic ring is 1. The van der Waals surface area contributed by atoms with Crippen molar-refractivity contribution in [3.63, 3.8) is 0 Å². The van der Waals surface area contributed by atoms with Gasteiger partial charge in [-0.25, -0.2) is 4.98 Å². The molecule has 0 unspecified atom stereocenters. The first-order chi connectivity index (χ1) is 5.41. The summed E-state index contributed by atoms with van der Waals surface area (Å²) in [7, 11) is 0. The minimum Gasteiger partial charge on any atom is -0.383 e. The van der Waals surface area contributed by atoms with E-state index in [1.807, 2.05) is 6.07 Å². The molecule has 0 saturated carbocycles. The van der Waals surface area contributed by atoms with Crippen molar-refractivity contribution < 1.29 is 0 Å². The van der Waals surface area contributed by atoms with Crippen molar-refractivity contribution in [1.29, 1.82) is 0 Å². The van der Waals surface area contributed by atoms with Crippen LogP contribution < -0.4 is 5.73 Å². The Hall–Kier alpha value is -0.570. The third-order valence-electron chi connectivity index (χ3n) is 1.69. The largest absolute Gasteiger partial charge is 0.383 e. The molecule has 2 N–H and O–H groups in total. The fraction of sp³-hybridized carbons (Fsp3) is 0.444. The molecule has 0 amide bonds. The Bertz CT molecular complexity index is 289. The molecule has 0 fully saturated rings. The van der Waals surface area contributed by atoms with Gasteiger partial charge in [-0.15, -0.1) is 0 Å². The van der Waals surface area contributed by atoms with Gasteiger partial charge < -0.3 is 5.73 Å². The molecule has 1 heterocycles. The van der Waals surface area contributed by atoms with Crippen molar-refractivity contribution in [3.05, 3.63) is 22.3 Å². The van der Waals surface area contributed by atoms with E-state index >= 15 is 0 Å². The summed E-state index contributed by atoms with van der Waals surface area (Å²) in [4.78, 5) is 4.08. The zero-order valence-electron chi connectivity index (χ0n) is 7.56. The van der Waals surface area contributed by atoms with Gasteiger partial charge in [-0.05, 0) is 27.4 Å². The molecule has 1 aromatic rings. The number of hydrogen-bond donors (Lipinski definition) is 1. The topological polar surface area (TPSA) is 38.9 Å². The van der Waals surface area contributed by atoms with E-state index in [1.165, 1.54) is 0 Å². The molecule has 0 aliphatic heterocycles. The van der Waals surface area contributed by atoms with Crippen molar-refractivity contribution in [2.45, 2.75) is 26.2 Å². The Labute approximate surface area is 81.3 Å². The molecule has 0 atom stereocenters. The van der Waals surface area contributed by atoms with Gasteiger partial charge in [0.1, 0.15) is 5.82 Å². The van der Waals surface area contributed by atoms with Gasteiger partial charge in [0, 0.05) is 16.2 Å². The third-order valence-corrected chi connectivity index (χ3v) is 2.13. The molecular weight excluding hydrogens is 216 g/mol. The Morgan fingerprint density at radius 1 is 1.42 bits per heavy atom. The van der Waals surface area contributed by atoms with Gasteiger partial charge >= 0.3 is 0 Å². The van der Waals surface area contributed by atoms with Crippen LogP contribution in [0.25, 0.3) is 0 Å². The Morgan fingerprint density at radius 3 is 2.42 bits per heavy atom. The predicted octanol–water partition coefficient (Wildman–Crippen LogP) is 2.72. The third kappa shape index (κ3) is 1.97. The maximum atomic E-state index is 5.74. The summed E-state index contributed by atoms with van der Waals surface area (Å²) in [5.41, 5.74) is 6.88. The summed E-state index contributed by atoms with van der Waals surface area (Å²) in [6, 6.07) is 2.02. The van der Waals surface area contributed by atoms with Crippen LogP contribution in [-0.2, 0) is 5.41 Å². The highest BCUT2D eigenvalue weighted by Gasteiger charge is 2.17. The maximum Gasteiger partial charge on any atom is 0.127 e. The van der Waals surface area contributed by atoms with E-state index in [2.05, 4.69) is 41.7 Å². The quantitative estimate of drug-likeness (QED) is 0.742. The van der Waals surface area contributed by atoms with Crippen LogP contribution in [0.5, 0.6) is 0 Å². The van der Waals surface area contributed by atoms with E-state index in [-0.39, 0.29) is 5.41 Å². The molecule has 1 aromatic heterocycles. The molecule has 0 spiro atoms. The monoisotopic (exact) mass is 228 g/mol. The Balaban J connectivity index is 3.23. The first-order valence-corrected chi connectivity index (χ1v) is 4.62. The SMILES string of the molecule is CC(C)(C)c1cc(Br)cnc1N. The molecule has 0 aromatic carbocycles. The molecule has 1 rings (SSSR count). The Kier molecular flexibility index (Phi) is 2.42. The normalized spacial score (nSPS) is 11.7. The summed E-state index contributed by atoms with van der Waals surface area (Å²) < 4.78 is 0.974. The molecule has 2 nitrogen and oxygen atoms in total. The minimum absolute atomic E-state index is 0.0564. The van der Waals surface area contributed by atoms with Gasteiger partial charge in [0.15, 0.2) is 0 Å². The number of nitrogens with zero attached hydrogens (tertiary/aromatic N) is 1. The number of anilines is 1. The molecule has 0 aliphatic rings. The lowest BCUT2D eigenvalue weighted by Crippen LogP contribution is -2.14. The summed E-state index contributed by atoms with van der Waals surface area (Å²) in [5, 5.41) is 0. The van der Waals surface area contributed by atoms with Crippen molar-refractivity contribution in [2.24, 2.45) is 0 Å². The molecular formula is C9H13BrN2. The predicted molar refractivity (Wildman–Crippen MR) is 55.0 cm³/mol. The molecule has 0 aliphatic carbocycles.